The molecule has 1 saturated heterocycles. The SMILES string of the molecule is Cc1c(C#CC2=CN(CCCCNc3cccc4c3CN(C3CCC(=O)NC3=O)C4=O)NN2)sc2c1C(c1ccc(Cl)cc1)=N[C@@H](C)c1nnc(C)n1-2. The van der Waals surface area contributed by atoms with E-state index < -0.39 is 11.9 Å². The molecule has 8 rings (SSSR count). The largest absolute Gasteiger partial charge is 0.385 e. The fraction of sp³-hybridized carbons (Fsp3) is 0.316. The number of nitrogens with one attached hydrogen (secondary N) is 4. The summed E-state index contributed by atoms with van der Waals surface area (Å²) in [5.74, 6) is 7.42. The number of aryl methyl sites for hydroxylation is 1. The summed E-state index contributed by atoms with van der Waals surface area (Å²) in [7, 11) is 0. The van der Waals surface area contributed by atoms with E-state index in [1.54, 1.807) is 22.3 Å². The quantitative estimate of drug-likeness (QED) is 0.115. The predicted octanol–water partition coefficient (Wildman–Crippen LogP) is 4.68. The zero-order valence-corrected chi connectivity index (χ0v) is 31.0. The van der Waals surface area contributed by atoms with Gasteiger partial charge in [0.2, 0.25) is 11.8 Å². The van der Waals surface area contributed by atoms with Crippen molar-refractivity contribution in [3.8, 4) is 16.8 Å². The number of halogens is 1. The maximum atomic E-state index is 13.1. The van der Waals surface area contributed by atoms with Crippen LogP contribution in [0.5, 0.6) is 0 Å². The summed E-state index contributed by atoms with van der Waals surface area (Å²) in [4.78, 5) is 44.8. The summed E-state index contributed by atoms with van der Waals surface area (Å²) in [5.41, 5.74) is 13.4. The van der Waals surface area contributed by atoms with Crippen molar-refractivity contribution >= 4 is 52.1 Å². The van der Waals surface area contributed by atoms with Crippen LogP contribution < -0.4 is 21.6 Å². The average Bonchev–Trinajstić information content (AvgIpc) is 3.90. The molecular formula is C38H37ClN10O3S. The van der Waals surface area contributed by atoms with Crippen LogP contribution in [0.1, 0.15) is 87.8 Å². The molecule has 0 aliphatic carbocycles. The molecule has 4 aromatic rings. The van der Waals surface area contributed by atoms with Crippen LogP contribution >= 0.6 is 22.9 Å². The van der Waals surface area contributed by atoms with Gasteiger partial charge in [-0.3, -0.25) is 39.7 Å². The van der Waals surface area contributed by atoms with Crippen molar-refractivity contribution in [2.45, 2.75) is 65.1 Å². The molecular weight excluding hydrogens is 712 g/mol. The van der Waals surface area contributed by atoms with Crippen LogP contribution in [0, 0.1) is 25.7 Å². The molecule has 3 amide bonds. The molecule has 0 bridgehead atoms. The van der Waals surface area contributed by atoms with E-state index in [1.165, 1.54) is 0 Å². The second-order valence-electron chi connectivity index (χ2n) is 13.4. The fourth-order valence-corrected chi connectivity index (χ4v) is 8.48. The van der Waals surface area contributed by atoms with Crippen molar-refractivity contribution in [2.75, 3.05) is 18.4 Å². The first-order valence-electron chi connectivity index (χ1n) is 17.6. The Bertz CT molecular complexity index is 2280. The number of unbranched alkanes of at least 4 members (excludes halogenated alkanes) is 1. The van der Waals surface area contributed by atoms with Gasteiger partial charge in [0.15, 0.2) is 5.82 Å². The number of benzene rings is 2. The summed E-state index contributed by atoms with van der Waals surface area (Å²) >= 11 is 7.84. The van der Waals surface area contributed by atoms with E-state index in [4.69, 9.17) is 16.6 Å². The van der Waals surface area contributed by atoms with Crippen LogP contribution in [0.15, 0.2) is 59.4 Å². The van der Waals surface area contributed by atoms with Crippen molar-refractivity contribution in [1.82, 2.24) is 41.0 Å². The third kappa shape index (κ3) is 6.56. The Morgan fingerprint density at radius 2 is 1.89 bits per heavy atom. The fourth-order valence-electron chi connectivity index (χ4n) is 7.14. The molecule has 0 radical (unpaired) electrons. The average molecular weight is 749 g/mol. The lowest BCUT2D eigenvalue weighted by Crippen LogP contribution is -2.52. The molecule has 0 spiro atoms. The molecule has 6 heterocycles. The number of piperidine rings is 1. The van der Waals surface area contributed by atoms with Gasteiger partial charge in [0, 0.05) is 59.0 Å². The molecule has 4 aliphatic rings. The number of nitrogens with zero attached hydrogens (tertiary/aromatic N) is 6. The lowest BCUT2D eigenvalue weighted by Gasteiger charge is -2.29. The molecule has 4 aliphatic heterocycles. The van der Waals surface area contributed by atoms with Crippen LogP contribution in [0.2, 0.25) is 5.02 Å². The first-order valence-corrected chi connectivity index (χ1v) is 18.8. The number of rotatable bonds is 8. The lowest BCUT2D eigenvalue weighted by molar-refractivity contribution is -0.136. The van der Waals surface area contributed by atoms with Gasteiger partial charge in [-0.15, -0.1) is 27.1 Å². The van der Waals surface area contributed by atoms with E-state index in [-0.39, 0.29) is 24.3 Å². The van der Waals surface area contributed by atoms with Crippen LogP contribution in [0.4, 0.5) is 5.69 Å². The molecule has 4 N–H and O–H groups in total. The van der Waals surface area contributed by atoms with E-state index in [0.717, 1.165) is 86.8 Å². The first kappa shape index (κ1) is 34.6. The van der Waals surface area contributed by atoms with E-state index in [2.05, 4.69) is 55.1 Å². The molecule has 53 heavy (non-hydrogen) atoms. The van der Waals surface area contributed by atoms with Gasteiger partial charge >= 0.3 is 0 Å². The summed E-state index contributed by atoms with van der Waals surface area (Å²) in [6.45, 7) is 7.90. The molecule has 15 heteroatoms. The van der Waals surface area contributed by atoms with Gasteiger partial charge in [-0.1, -0.05) is 29.8 Å². The van der Waals surface area contributed by atoms with E-state index >= 15 is 0 Å². The van der Waals surface area contributed by atoms with Gasteiger partial charge in [-0.05, 0) is 81.7 Å². The topological polar surface area (TPSA) is 149 Å². The Hall–Kier alpha value is -5.49. The molecule has 2 atom stereocenters. The minimum Gasteiger partial charge on any atom is -0.385 e. The number of carbonyl (C=O) groups is 3. The first-order chi connectivity index (χ1) is 25.7. The summed E-state index contributed by atoms with van der Waals surface area (Å²) in [6.07, 6.45) is 4.34. The number of anilines is 1. The number of allylic oxidation sites excluding steroid dienone is 1. The predicted molar refractivity (Wildman–Crippen MR) is 202 cm³/mol. The van der Waals surface area contributed by atoms with Gasteiger partial charge in [-0.2, -0.15) is 0 Å². The second-order valence-corrected chi connectivity index (χ2v) is 14.9. The number of aromatic nitrogens is 3. The molecule has 1 fully saturated rings. The molecule has 270 valence electrons. The zero-order chi connectivity index (χ0) is 36.8. The van der Waals surface area contributed by atoms with E-state index in [9.17, 15) is 14.4 Å². The minimum absolute atomic E-state index is 0.174. The number of fused-ring (bicyclic) bond motifs is 4. The molecule has 2 aromatic carbocycles. The Morgan fingerprint density at radius 1 is 1.06 bits per heavy atom. The Morgan fingerprint density at radius 3 is 2.70 bits per heavy atom. The van der Waals surface area contributed by atoms with Crippen LogP contribution in [0.25, 0.3) is 5.00 Å². The van der Waals surface area contributed by atoms with Gasteiger partial charge < -0.3 is 10.2 Å². The van der Waals surface area contributed by atoms with Crippen molar-refractivity contribution in [3.05, 3.63) is 104 Å². The van der Waals surface area contributed by atoms with Gasteiger partial charge in [0.25, 0.3) is 5.91 Å². The molecule has 13 nitrogen and oxygen atoms in total. The minimum atomic E-state index is -0.632. The number of hydrogen-bond acceptors (Lipinski definition) is 11. The third-order valence-electron chi connectivity index (χ3n) is 9.89. The van der Waals surface area contributed by atoms with Crippen molar-refractivity contribution in [2.24, 2.45) is 4.99 Å². The monoisotopic (exact) mass is 748 g/mol. The lowest BCUT2D eigenvalue weighted by atomic mass is 9.99. The number of hydrogen-bond donors (Lipinski definition) is 4. The highest BCUT2D eigenvalue weighted by Crippen LogP contribution is 2.39. The smallest absolute Gasteiger partial charge is 0.255 e. The number of imide groups is 1. The van der Waals surface area contributed by atoms with E-state index in [0.29, 0.717) is 23.6 Å². The second kappa shape index (κ2) is 14.1. The Kier molecular flexibility index (Phi) is 9.23. The van der Waals surface area contributed by atoms with E-state index in [1.807, 2.05) is 61.5 Å². The number of carbonyl (C=O) groups excluding carboxylic acids is 3. The number of aliphatic imine (C=N–C) groups is 1. The van der Waals surface area contributed by atoms with Gasteiger partial charge in [-0.25, -0.2) is 0 Å². The highest BCUT2D eigenvalue weighted by molar-refractivity contribution is 7.15. The van der Waals surface area contributed by atoms with Crippen molar-refractivity contribution in [3.63, 3.8) is 0 Å². The van der Waals surface area contributed by atoms with Crippen LogP contribution in [0.3, 0.4) is 0 Å². The maximum absolute atomic E-state index is 13.1. The number of hydrazine groups is 2. The summed E-state index contributed by atoms with van der Waals surface area (Å²) in [6, 6.07) is 12.6. The van der Waals surface area contributed by atoms with Crippen LogP contribution in [-0.2, 0) is 16.1 Å². The molecule has 0 saturated carbocycles. The highest BCUT2D eigenvalue weighted by atomic mass is 35.5. The van der Waals surface area contributed by atoms with Gasteiger partial charge in [0.05, 0.1) is 16.8 Å². The molecule has 1 unspecified atom stereocenters. The summed E-state index contributed by atoms with van der Waals surface area (Å²) < 4.78 is 2.10. The molecule has 2 aromatic heterocycles. The number of amides is 3. The number of thiophene rings is 1. The third-order valence-corrected chi connectivity index (χ3v) is 11.3. The standard InChI is InChI=1S/C38H37ClN10O3S/c1-21-31(53-38-33(21)34(24-9-11-25(39)12-10-24)41-22(2)35-45-43-23(3)49(35)38)15-13-26-19-47(46-44-26)18-5-4-17-40-29-8-6-7-27-28(29)20-48(37(27)52)30-14-16-32(50)42-36(30)51/h6-12,19,22,30,40,44,46H,4-5,14,16-18,20H2,1-3H3,(H,42,50,51)/t22-,30?/m0/s1. The van der Waals surface area contributed by atoms with Crippen molar-refractivity contribution in [1.29, 1.82) is 0 Å². The van der Waals surface area contributed by atoms with Crippen molar-refractivity contribution < 1.29 is 14.4 Å². The highest BCUT2D eigenvalue weighted by Gasteiger charge is 2.40. The Labute approximate surface area is 315 Å². The normalized spacial score (nSPS) is 19.0. The zero-order valence-electron chi connectivity index (χ0n) is 29.4. The summed E-state index contributed by atoms with van der Waals surface area (Å²) in [5, 5.41) is 18.3. The Balaban J connectivity index is 0.904. The maximum Gasteiger partial charge on any atom is 0.255 e. The van der Waals surface area contributed by atoms with Crippen LogP contribution in [-0.4, -0.2) is 67.2 Å². The van der Waals surface area contributed by atoms with Gasteiger partial charge in [0.1, 0.15) is 28.6 Å².